The third-order valence-corrected chi connectivity index (χ3v) is 2.03. The van der Waals surface area contributed by atoms with Gasteiger partial charge >= 0.3 is 18.3 Å². The van der Waals surface area contributed by atoms with Gasteiger partial charge in [0.25, 0.3) is 0 Å². The minimum Gasteiger partial charge on any atom is -0.478 e. The highest BCUT2D eigenvalue weighted by atomic mass is 19.3. The molecule has 0 fully saturated rings. The van der Waals surface area contributed by atoms with Gasteiger partial charge in [-0.1, -0.05) is 0 Å². The van der Waals surface area contributed by atoms with Gasteiger partial charge in [-0.2, -0.15) is 14.0 Å². The molecule has 1 aromatic rings. The standard InChI is InChI=1S/C11H6F2N2O5/c12-11(13)20-8-4-6(1-2-9(16)17)3-7(5-14)10(8)15(18)19/h1-4,11H,(H,16,17)/b2-1+. The smallest absolute Gasteiger partial charge is 0.387 e. The average molecular weight is 284 g/mol. The van der Waals surface area contributed by atoms with E-state index in [9.17, 15) is 23.7 Å². The number of nitro benzene ring substituents is 1. The quantitative estimate of drug-likeness (QED) is 0.503. The van der Waals surface area contributed by atoms with Crippen molar-refractivity contribution in [1.82, 2.24) is 0 Å². The van der Waals surface area contributed by atoms with Gasteiger partial charge in [0.05, 0.1) is 4.92 Å². The minimum atomic E-state index is -3.32. The number of rotatable bonds is 5. The molecule has 0 radical (unpaired) electrons. The van der Waals surface area contributed by atoms with Crippen LogP contribution >= 0.6 is 0 Å². The predicted octanol–water partition coefficient (Wildman–Crippen LogP) is 2.17. The van der Waals surface area contributed by atoms with Crippen molar-refractivity contribution in [2.45, 2.75) is 6.61 Å². The van der Waals surface area contributed by atoms with Crippen molar-refractivity contribution < 1.29 is 28.3 Å². The van der Waals surface area contributed by atoms with Gasteiger partial charge in [0, 0.05) is 6.08 Å². The zero-order valence-corrected chi connectivity index (χ0v) is 9.62. The van der Waals surface area contributed by atoms with Crippen LogP contribution in [0.4, 0.5) is 14.5 Å². The lowest BCUT2D eigenvalue weighted by Crippen LogP contribution is -2.06. The third kappa shape index (κ3) is 3.74. The molecule has 1 aromatic carbocycles. The predicted molar refractivity (Wildman–Crippen MR) is 61.1 cm³/mol. The van der Waals surface area contributed by atoms with Gasteiger partial charge in [-0.3, -0.25) is 10.1 Å². The highest BCUT2D eigenvalue weighted by molar-refractivity contribution is 5.85. The molecule has 0 bridgehead atoms. The Bertz CT molecular complexity index is 622. The van der Waals surface area contributed by atoms with E-state index in [0.29, 0.717) is 6.08 Å². The molecule has 1 N–H and O–H groups in total. The van der Waals surface area contributed by atoms with E-state index in [0.717, 1.165) is 18.2 Å². The first-order chi connectivity index (χ1) is 9.35. The average Bonchev–Trinajstić information content (AvgIpc) is 2.34. The van der Waals surface area contributed by atoms with Crippen molar-refractivity contribution in [1.29, 1.82) is 5.26 Å². The van der Waals surface area contributed by atoms with Crippen molar-refractivity contribution in [3.63, 3.8) is 0 Å². The number of carbonyl (C=O) groups is 1. The summed E-state index contributed by atoms with van der Waals surface area (Å²) < 4.78 is 28.4. The van der Waals surface area contributed by atoms with Crippen LogP contribution < -0.4 is 4.74 Å². The van der Waals surface area contributed by atoms with Crippen molar-refractivity contribution >= 4 is 17.7 Å². The number of nitro groups is 1. The summed E-state index contributed by atoms with van der Waals surface area (Å²) in [5, 5.41) is 28.0. The molecule has 0 unspecified atom stereocenters. The second kappa shape index (κ2) is 6.24. The van der Waals surface area contributed by atoms with E-state index >= 15 is 0 Å². The zero-order valence-electron chi connectivity index (χ0n) is 9.62. The fourth-order valence-electron chi connectivity index (χ4n) is 1.35. The Morgan fingerprint density at radius 2 is 2.20 bits per heavy atom. The van der Waals surface area contributed by atoms with Gasteiger partial charge in [0.1, 0.15) is 11.6 Å². The number of nitrogens with zero attached hydrogens (tertiary/aromatic N) is 2. The van der Waals surface area contributed by atoms with Gasteiger partial charge in [-0.25, -0.2) is 4.79 Å². The lowest BCUT2D eigenvalue weighted by atomic mass is 10.1. The SMILES string of the molecule is N#Cc1cc(/C=C/C(=O)O)cc(OC(F)F)c1[N+](=O)[O-]. The Kier molecular flexibility index (Phi) is 4.69. The van der Waals surface area contributed by atoms with Gasteiger partial charge in [-0.05, 0) is 23.8 Å². The van der Waals surface area contributed by atoms with Crippen LogP contribution in [0.15, 0.2) is 18.2 Å². The Balaban J connectivity index is 3.43. The molecular formula is C11H6F2N2O5. The first-order valence-electron chi connectivity index (χ1n) is 4.93. The summed E-state index contributed by atoms with van der Waals surface area (Å²) in [6, 6.07) is 3.32. The number of carboxylic acids is 1. The molecule has 0 aliphatic heterocycles. The molecule has 0 atom stereocenters. The fraction of sp³-hybridized carbons (Fsp3) is 0.0909. The van der Waals surface area contributed by atoms with E-state index < -0.39 is 34.5 Å². The highest BCUT2D eigenvalue weighted by Gasteiger charge is 2.24. The van der Waals surface area contributed by atoms with Crippen molar-refractivity contribution in [3.8, 4) is 11.8 Å². The Morgan fingerprint density at radius 3 is 2.65 bits per heavy atom. The van der Waals surface area contributed by atoms with E-state index in [4.69, 9.17) is 10.4 Å². The maximum absolute atomic E-state index is 12.2. The van der Waals surface area contributed by atoms with Crippen LogP contribution in [-0.4, -0.2) is 22.6 Å². The number of hydrogen-bond acceptors (Lipinski definition) is 5. The van der Waals surface area contributed by atoms with Crippen molar-refractivity contribution in [2.24, 2.45) is 0 Å². The van der Waals surface area contributed by atoms with E-state index in [1.807, 2.05) is 0 Å². The molecule has 7 nitrogen and oxygen atoms in total. The molecule has 0 saturated carbocycles. The number of ether oxygens (including phenoxy) is 1. The summed E-state index contributed by atoms with van der Waals surface area (Å²) in [6.07, 6.45) is 1.68. The molecule has 20 heavy (non-hydrogen) atoms. The second-order valence-electron chi connectivity index (χ2n) is 3.33. The second-order valence-corrected chi connectivity index (χ2v) is 3.33. The van der Waals surface area contributed by atoms with Crippen LogP contribution in [0.1, 0.15) is 11.1 Å². The highest BCUT2D eigenvalue weighted by Crippen LogP contribution is 2.33. The van der Waals surface area contributed by atoms with E-state index in [1.165, 1.54) is 6.07 Å². The first kappa shape index (κ1) is 15.0. The molecular weight excluding hydrogens is 278 g/mol. The molecule has 9 heteroatoms. The lowest BCUT2D eigenvalue weighted by molar-refractivity contribution is -0.386. The summed E-state index contributed by atoms with van der Waals surface area (Å²) >= 11 is 0. The van der Waals surface area contributed by atoms with Crippen LogP contribution in [0.25, 0.3) is 6.08 Å². The Hall–Kier alpha value is -3.02. The fourth-order valence-corrected chi connectivity index (χ4v) is 1.35. The van der Waals surface area contributed by atoms with E-state index in [-0.39, 0.29) is 5.56 Å². The molecule has 0 aromatic heterocycles. The molecule has 0 aliphatic rings. The summed E-state index contributed by atoms with van der Waals surface area (Å²) in [5.74, 6) is -2.12. The number of alkyl halides is 2. The number of hydrogen-bond donors (Lipinski definition) is 1. The van der Waals surface area contributed by atoms with Crippen LogP contribution in [0.2, 0.25) is 0 Å². The Labute approximate surface area is 110 Å². The lowest BCUT2D eigenvalue weighted by Gasteiger charge is -2.07. The van der Waals surface area contributed by atoms with Crippen molar-refractivity contribution in [2.75, 3.05) is 0 Å². The van der Waals surface area contributed by atoms with Crippen LogP contribution in [-0.2, 0) is 4.79 Å². The molecule has 0 spiro atoms. The maximum Gasteiger partial charge on any atom is 0.387 e. The largest absolute Gasteiger partial charge is 0.478 e. The van der Waals surface area contributed by atoms with Gasteiger partial charge < -0.3 is 9.84 Å². The first-order valence-corrected chi connectivity index (χ1v) is 4.93. The van der Waals surface area contributed by atoms with Crippen molar-refractivity contribution in [3.05, 3.63) is 39.4 Å². The normalized spacial score (nSPS) is 10.5. The molecule has 0 heterocycles. The maximum atomic E-state index is 12.2. The summed E-state index contributed by atoms with van der Waals surface area (Å²) in [6.45, 7) is -3.32. The number of aliphatic carboxylic acids is 1. The van der Waals surface area contributed by atoms with Crippen LogP contribution in [0.3, 0.4) is 0 Å². The van der Waals surface area contributed by atoms with E-state index in [2.05, 4.69) is 4.74 Å². The third-order valence-electron chi connectivity index (χ3n) is 2.03. The van der Waals surface area contributed by atoms with Gasteiger partial charge in [0.2, 0.25) is 5.75 Å². The summed E-state index contributed by atoms with van der Waals surface area (Å²) in [7, 11) is 0. The number of benzene rings is 1. The number of nitriles is 1. The number of halogens is 2. The van der Waals surface area contributed by atoms with E-state index in [1.54, 1.807) is 0 Å². The minimum absolute atomic E-state index is 0.00481. The molecule has 0 saturated heterocycles. The monoisotopic (exact) mass is 284 g/mol. The summed E-state index contributed by atoms with van der Waals surface area (Å²) in [4.78, 5) is 20.1. The molecule has 104 valence electrons. The van der Waals surface area contributed by atoms with Crippen LogP contribution in [0.5, 0.6) is 5.75 Å². The van der Waals surface area contributed by atoms with Gasteiger partial charge in [0.15, 0.2) is 0 Å². The molecule has 0 amide bonds. The summed E-state index contributed by atoms with van der Waals surface area (Å²) in [5.41, 5.74) is -1.41. The molecule has 1 rings (SSSR count). The number of carboxylic acid groups (broad SMARTS) is 1. The van der Waals surface area contributed by atoms with Crippen LogP contribution in [0, 0.1) is 21.4 Å². The zero-order chi connectivity index (χ0) is 15.3. The molecule has 0 aliphatic carbocycles. The van der Waals surface area contributed by atoms with Gasteiger partial charge in [-0.15, -0.1) is 0 Å². The topological polar surface area (TPSA) is 113 Å². The Morgan fingerprint density at radius 1 is 1.55 bits per heavy atom.